The van der Waals surface area contributed by atoms with Crippen LogP contribution >= 0.6 is 0 Å². The Bertz CT molecular complexity index is 613. The molecule has 2 amide bonds. The Labute approximate surface area is 138 Å². The van der Waals surface area contributed by atoms with Crippen molar-refractivity contribution in [2.75, 3.05) is 5.32 Å². The molecule has 5 nitrogen and oxygen atoms in total. The quantitative estimate of drug-likeness (QED) is 0.644. The van der Waals surface area contributed by atoms with Crippen molar-refractivity contribution in [3.05, 3.63) is 29.3 Å². The summed E-state index contributed by atoms with van der Waals surface area (Å²) in [6.07, 6.45) is 0.237. The lowest BCUT2D eigenvalue weighted by Gasteiger charge is -2.17. The van der Waals surface area contributed by atoms with Gasteiger partial charge in [-0.05, 0) is 38.0 Å². The maximum absolute atomic E-state index is 12.0. The number of hydrogen-bond acceptors (Lipinski definition) is 3. The van der Waals surface area contributed by atoms with Crippen LogP contribution < -0.4 is 10.7 Å². The number of anilines is 1. The normalized spacial score (nSPS) is 12.0. The highest BCUT2D eigenvalue weighted by molar-refractivity contribution is 5.94. The topological polar surface area (TPSA) is 70.6 Å². The number of carbonyl (C=O) groups is 2. The lowest BCUT2D eigenvalue weighted by molar-refractivity contribution is -0.124. The molecule has 0 aliphatic carbocycles. The Hall–Kier alpha value is -2.17. The number of nitrogens with one attached hydrogen (secondary N) is 2. The monoisotopic (exact) mass is 317 g/mol. The summed E-state index contributed by atoms with van der Waals surface area (Å²) >= 11 is 0. The first kappa shape index (κ1) is 18.9. The Morgan fingerprint density at radius 3 is 2.30 bits per heavy atom. The van der Waals surface area contributed by atoms with Gasteiger partial charge in [0.15, 0.2) is 0 Å². The molecule has 0 atom stereocenters. The van der Waals surface area contributed by atoms with E-state index in [2.05, 4.69) is 15.8 Å². The molecule has 0 aromatic heterocycles. The average molecular weight is 317 g/mol. The minimum Gasteiger partial charge on any atom is -0.326 e. The molecule has 0 unspecified atom stereocenters. The highest BCUT2D eigenvalue weighted by Gasteiger charge is 2.15. The lowest BCUT2D eigenvalue weighted by atomic mass is 9.91. The number of carbonyl (C=O) groups excluding carboxylic acids is 2. The number of rotatable bonds is 5. The van der Waals surface area contributed by atoms with Crippen LogP contribution in [0.2, 0.25) is 0 Å². The zero-order valence-electron chi connectivity index (χ0n) is 14.9. The molecule has 0 aliphatic heterocycles. The molecule has 1 aromatic carbocycles. The van der Waals surface area contributed by atoms with Crippen LogP contribution in [-0.4, -0.2) is 17.5 Å². The molecule has 126 valence electrons. The summed E-state index contributed by atoms with van der Waals surface area (Å²) in [4.78, 5) is 23.7. The SMILES string of the molecule is C/C(=N/NC(=O)CCC(=O)Nc1cc(C)ccc1C)C(C)(C)C. The maximum Gasteiger partial charge on any atom is 0.240 e. The van der Waals surface area contributed by atoms with Gasteiger partial charge in [-0.15, -0.1) is 0 Å². The van der Waals surface area contributed by atoms with E-state index in [1.807, 2.05) is 59.7 Å². The Balaban J connectivity index is 2.47. The zero-order chi connectivity index (χ0) is 17.6. The third-order valence-corrected chi connectivity index (χ3v) is 3.68. The Morgan fingerprint density at radius 2 is 1.70 bits per heavy atom. The van der Waals surface area contributed by atoms with E-state index >= 15 is 0 Å². The van der Waals surface area contributed by atoms with Crippen molar-refractivity contribution in [2.24, 2.45) is 10.5 Å². The molecule has 1 rings (SSSR count). The van der Waals surface area contributed by atoms with Crippen molar-refractivity contribution in [3.8, 4) is 0 Å². The molecule has 0 aliphatic rings. The van der Waals surface area contributed by atoms with Crippen molar-refractivity contribution in [3.63, 3.8) is 0 Å². The Kier molecular flexibility index (Phi) is 6.49. The zero-order valence-corrected chi connectivity index (χ0v) is 14.9. The largest absolute Gasteiger partial charge is 0.326 e. The second-order valence-electron chi connectivity index (χ2n) is 6.85. The first-order valence-electron chi connectivity index (χ1n) is 7.80. The first-order chi connectivity index (χ1) is 10.6. The van der Waals surface area contributed by atoms with Crippen LogP contribution in [0.15, 0.2) is 23.3 Å². The van der Waals surface area contributed by atoms with Gasteiger partial charge >= 0.3 is 0 Å². The van der Waals surface area contributed by atoms with Crippen LogP contribution in [0, 0.1) is 19.3 Å². The van der Waals surface area contributed by atoms with Crippen LogP contribution in [0.3, 0.4) is 0 Å². The fourth-order valence-electron chi connectivity index (χ4n) is 1.68. The van der Waals surface area contributed by atoms with Gasteiger partial charge in [-0.3, -0.25) is 9.59 Å². The summed E-state index contributed by atoms with van der Waals surface area (Å²) < 4.78 is 0. The fraction of sp³-hybridized carbons (Fsp3) is 0.500. The summed E-state index contributed by atoms with van der Waals surface area (Å²) in [5, 5.41) is 6.91. The van der Waals surface area contributed by atoms with Gasteiger partial charge in [-0.25, -0.2) is 5.43 Å². The lowest BCUT2D eigenvalue weighted by Crippen LogP contribution is -2.25. The van der Waals surface area contributed by atoms with Crippen LogP contribution in [0.5, 0.6) is 0 Å². The average Bonchev–Trinajstić information content (AvgIpc) is 2.45. The minimum absolute atomic E-state index is 0.0899. The minimum atomic E-state index is -0.260. The molecule has 0 spiro atoms. The molecule has 0 radical (unpaired) electrons. The second-order valence-corrected chi connectivity index (χ2v) is 6.85. The van der Waals surface area contributed by atoms with Gasteiger partial charge in [-0.1, -0.05) is 32.9 Å². The molecule has 0 saturated carbocycles. The third kappa shape index (κ3) is 6.63. The van der Waals surface area contributed by atoms with Crippen molar-refractivity contribution < 1.29 is 9.59 Å². The van der Waals surface area contributed by atoms with Gasteiger partial charge in [0.25, 0.3) is 0 Å². The molecule has 0 fully saturated rings. The van der Waals surface area contributed by atoms with Crippen LogP contribution in [-0.2, 0) is 9.59 Å². The fourth-order valence-corrected chi connectivity index (χ4v) is 1.68. The van der Waals surface area contributed by atoms with Gasteiger partial charge in [0, 0.05) is 29.7 Å². The molecular weight excluding hydrogens is 290 g/mol. The van der Waals surface area contributed by atoms with Crippen molar-refractivity contribution >= 4 is 23.2 Å². The predicted octanol–water partition coefficient (Wildman–Crippen LogP) is 3.56. The molecule has 2 N–H and O–H groups in total. The van der Waals surface area contributed by atoms with Gasteiger partial charge < -0.3 is 5.32 Å². The molecule has 23 heavy (non-hydrogen) atoms. The first-order valence-corrected chi connectivity index (χ1v) is 7.80. The second kappa shape index (κ2) is 7.90. The molecule has 5 heteroatoms. The molecule has 0 saturated heterocycles. The predicted molar refractivity (Wildman–Crippen MR) is 94.5 cm³/mol. The maximum atomic E-state index is 12.0. The van der Waals surface area contributed by atoms with Crippen molar-refractivity contribution in [1.29, 1.82) is 0 Å². The summed E-state index contributed by atoms with van der Waals surface area (Å²) in [5.74, 6) is -0.435. The number of benzene rings is 1. The summed E-state index contributed by atoms with van der Waals surface area (Å²) in [5.41, 5.74) is 6.11. The van der Waals surface area contributed by atoms with E-state index < -0.39 is 0 Å². The molecule has 1 aromatic rings. The number of hydrazone groups is 1. The number of nitrogens with zero attached hydrogens (tertiary/aromatic N) is 1. The van der Waals surface area contributed by atoms with E-state index in [-0.39, 0.29) is 30.1 Å². The highest BCUT2D eigenvalue weighted by Crippen LogP contribution is 2.17. The molecule has 0 heterocycles. The van der Waals surface area contributed by atoms with E-state index in [9.17, 15) is 9.59 Å². The standard InChI is InChI=1S/C18H27N3O2/c1-12-7-8-13(2)15(11-12)19-16(22)9-10-17(23)21-20-14(3)18(4,5)6/h7-8,11H,9-10H2,1-6H3,(H,19,22)(H,21,23)/b20-14-. The van der Waals surface area contributed by atoms with Gasteiger partial charge in [-0.2, -0.15) is 5.10 Å². The van der Waals surface area contributed by atoms with Crippen LogP contribution in [0.1, 0.15) is 51.7 Å². The van der Waals surface area contributed by atoms with E-state index in [1.54, 1.807) is 0 Å². The molecular formula is C18H27N3O2. The summed E-state index contributed by atoms with van der Waals surface area (Å²) in [6.45, 7) is 11.8. The van der Waals surface area contributed by atoms with Crippen molar-refractivity contribution in [1.82, 2.24) is 5.43 Å². The van der Waals surface area contributed by atoms with Gasteiger partial charge in [0.1, 0.15) is 0 Å². The van der Waals surface area contributed by atoms with E-state index in [4.69, 9.17) is 0 Å². The summed E-state index contributed by atoms with van der Waals surface area (Å²) in [6, 6.07) is 5.87. The number of hydrogen-bond donors (Lipinski definition) is 2. The van der Waals surface area contributed by atoms with Crippen molar-refractivity contribution in [2.45, 2.75) is 54.4 Å². The van der Waals surface area contributed by atoms with Gasteiger partial charge in [0.05, 0.1) is 0 Å². The van der Waals surface area contributed by atoms with E-state index in [1.165, 1.54) is 0 Å². The summed E-state index contributed by atoms with van der Waals surface area (Å²) in [7, 11) is 0. The van der Waals surface area contributed by atoms with E-state index in [0.717, 1.165) is 22.5 Å². The smallest absolute Gasteiger partial charge is 0.240 e. The van der Waals surface area contributed by atoms with E-state index in [0.29, 0.717) is 0 Å². The van der Waals surface area contributed by atoms with Crippen LogP contribution in [0.4, 0.5) is 5.69 Å². The van der Waals surface area contributed by atoms with Crippen LogP contribution in [0.25, 0.3) is 0 Å². The molecule has 0 bridgehead atoms. The third-order valence-electron chi connectivity index (χ3n) is 3.68. The van der Waals surface area contributed by atoms with Gasteiger partial charge in [0.2, 0.25) is 11.8 Å². The Morgan fingerprint density at radius 1 is 1.09 bits per heavy atom. The highest BCUT2D eigenvalue weighted by atomic mass is 16.2. The number of amides is 2. The number of aryl methyl sites for hydroxylation is 2.